The summed E-state index contributed by atoms with van der Waals surface area (Å²) in [6.07, 6.45) is 1.73. The molecule has 1 saturated heterocycles. The van der Waals surface area contributed by atoms with E-state index in [9.17, 15) is 0 Å². The molecule has 0 radical (unpaired) electrons. The molecular formula is C16H23N7. The van der Waals surface area contributed by atoms with Crippen LogP contribution in [0.1, 0.15) is 0 Å². The van der Waals surface area contributed by atoms with E-state index in [1.807, 2.05) is 26.2 Å². The highest BCUT2D eigenvalue weighted by Gasteiger charge is 2.16. The molecule has 0 atom stereocenters. The third kappa shape index (κ3) is 3.87. The summed E-state index contributed by atoms with van der Waals surface area (Å²) in [6, 6.07) is 8.14. The zero-order valence-corrected chi connectivity index (χ0v) is 13.9. The third-order valence-corrected chi connectivity index (χ3v) is 4.01. The Morgan fingerprint density at radius 2 is 1.74 bits per heavy atom. The zero-order chi connectivity index (χ0) is 16.2. The molecule has 2 heterocycles. The number of likely N-dealkylation sites (N-methyl/N-ethyl adjacent to an activating group) is 1. The van der Waals surface area contributed by atoms with Crippen molar-refractivity contribution in [3.05, 3.63) is 30.5 Å². The number of hydrogen-bond donors (Lipinski definition) is 1. The lowest BCUT2D eigenvalue weighted by molar-refractivity contribution is 0.312. The second-order valence-corrected chi connectivity index (χ2v) is 5.99. The van der Waals surface area contributed by atoms with Gasteiger partial charge in [-0.05, 0) is 31.3 Å². The van der Waals surface area contributed by atoms with Crippen LogP contribution >= 0.6 is 0 Å². The Bertz CT molecular complexity index is 633. The Balaban J connectivity index is 1.70. The van der Waals surface area contributed by atoms with E-state index in [1.54, 1.807) is 6.20 Å². The first-order valence-electron chi connectivity index (χ1n) is 7.79. The Kier molecular flexibility index (Phi) is 4.57. The van der Waals surface area contributed by atoms with Crippen LogP contribution in [0.4, 0.5) is 23.1 Å². The van der Waals surface area contributed by atoms with Crippen molar-refractivity contribution in [1.29, 1.82) is 0 Å². The topological polar surface area (TPSA) is 60.4 Å². The quantitative estimate of drug-likeness (QED) is 0.916. The molecule has 1 aliphatic heterocycles. The van der Waals surface area contributed by atoms with Gasteiger partial charge in [0.2, 0.25) is 5.95 Å². The highest BCUT2D eigenvalue weighted by Crippen LogP contribution is 2.19. The van der Waals surface area contributed by atoms with E-state index in [-0.39, 0.29) is 0 Å². The van der Waals surface area contributed by atoms with Crippen molar-refractivity contribution in [3.63, 3.8) is 0 Å². The van der Waals surface area contributed by atoms with Crippen molar-refractivity contribution in [2.45, 2.75) is 0 Å². The minimum atomic E-state index is 0.527. The van der Waals surface area contributed by atoms with Gasteiger partial charge in [-0.15, -0.1) is 5.10 Å². The van der Waals surface area contributed by atoms with Crippen LogP contribution in [0, 0.1) is 0 Å². The number of aromatic nitrogens is 3. The lowest BCUT2D eigenvalue weighted by Gasteiger charge is -2.32. The molecule has 3 rings (SSSR count). The van der Waals surface area contributed by atoms with Crippen LogP contribution in [0.3, 0.4) is 0 Å². The molecule has 23 heavy (non-hydrogen) atoms. The maximum atomic E-state index is 4.59. The molecule has 1 N–H and O–H groups in total. The van der Waals surface area contributed by atoms with E-state index in [4.69, 9.17) is 0 Å². The van der Waals surface area contributed by atoms with Gasteiger partial charge in [-0.1, -0.05) is 0 Å². The molecular weight excluding hydrogens is 290 g/mol. The van der Waals surface area contributed by atoms with Gasteiger partial charge in [-0.25, -0.2) is 0 Å². The lowest BCUT2D eigenvalue weighted by atomic mass is 10.2. The first kappa shape index (κ1) is 15.5. The van der Waals surface area contributed by atoms with Gasteiger partial charge >= 0.3 is 0 Å². The lowest BCUT2D eigenvalue weighted by Crippen LogP contribution is -2.44. The van der Waals surface area contributed by atoms with Crippen LogP contribution < -0.4 is 15.1 Å². The van der Waals surface area contributed by atoms with Crippen LogP contribution in [-0.4, -0.2) is 67.4 Å². The van der Waals surface area contributed by atoms with Gasteiger partial charge in [-0.3, -0.25) is 0 Å². The molecule has 7 heteroatoms. The highest BCUT2D eigenvalue weighted by atomic mass is 15.3. The summed E-state index contributed by atoms with van der Waals surface area (Å²) >= 11 is 0. The van der Waals surface area contributed by atoms with Gasteiger partial charge in [0.15, 0.2) is 5.82 Å². The highest BCUT2D eigenvalue weighted by molar-refractivity contribution is 5.59. The Labute approximate surface area is 136 Å². The molecule has 1 aliphatic rings. The predicted octanol–water partition coefficient (Wildman–Crippen LogP) is 1.43. The average Bonchev–Trinajstić information content (AvgIpc) is 2.56. The van der Waals surface area contributed by atoms with Gasteiger partial charge in [0.05, 0.1) is 6.20 Å². The van der Waals surface area contributed by atoms with Crippen molar-refractivity contribution in [3.8, 4) is 0 Å². The van der Waals surface area contributed by atoms with Crippen molar-refractivity contribution < 1.29 is 0 Å². The van der Waals surface area contributed by atoms with Gasteiger partial charge in [0.25, 0.3) is 0 Å². The summed E-state index contributed by atoms with van der Waals surface area (Å²) in [4.78, 5) is 11.2. The van der Waals surface area contributed by atoms with Gasteiger partial charge in [0, 0.05) is 51.6 Å². The number of piperazine rings is 1. The maximum absolute atomic E-state index is 4.59. The first-order valence-corrected chi connectivity index (χ1v) is 7.79. The summed E-state index contributed by atoms with van der Waals surface area (Å²) in [5.74, 6) is 1.40. The number of nitrogens with zero attached hydrogens (tertiary/aromatic N) is 6. The Morgan fingerprint density at radius 3 is 2.39 bits per heavy atom. The normalized spacial score (nSPS) is 15.5. The third-order valence-electron chi connectivity index (χ3n) is 4.01. The number of nitrogens with one attached hydrogen (secondary N) is 1. The minimum absolute atomic E-state index is 0.527. The monoisotopic (exact) mass is 313 g/mol. The molecule has 0 spiro atoms. The standard InChI is InChI=1S/C16H23N7/c1-21(2)14-6-4-13(5-7-14)18-16-19-15(12-17-20-16)23-10-8-22(3)9-11-23/h4-7,12H,8-11H2,1-3H3,(H,18,19,20). The smallest absolute Gasteiger partial charge is 0.249 e. The molecule has 7 nitrogen and oxygen atoms in total. The summed E-state index contributed by atoms with van der Waals surface area (Å²) in [6.45, 7) is 4.01. The molecule has 0 bridgehead atoms. The molecule has 122 valence electrons. The van der Waals surface area contributed by atoms with E-state index in [1.165, 1.54) is 0 Å². The predicted molar refractivity (Wildman–Crippen MR) is 93.6 cm³/mol. The second kappa shape index (κ2) is 6.78. The van der Waals surface area contributed by atoms with Crippen LogP contribution in [0.5, 0.6) is 0 Å². The SMILES string of the molecule is CN1CCN(c2cnnc(Nc3ccc(N(C)C)cc3)n2)CC1. The largest absolute Gasteiger partial charge is 0.378 e. The van der Waals surface area contributed by atoms with Crippen LogP contribution in [-0.2, 0) is 0 Å². The van der Waals surface area contributed by atoms with Crippen LogP contribution in [0.15, 0.2) is 30.5 Å². The second-order valence-electron chi connectivity index (χ2n) is 5.99. The molecule has 0 unspecified atom stereocenters. The fourth-order valence-electron chi connectivity index (χ4n) is 2.51. The number of rotatable bonds is 4. The molecule has 1 aromatic carbocycles. The van der Waals surface area contributed by atoms with E-state index in [2.05, 4.69) is 54.4 Å². The first-order chi connectivity index (χ1) is 11.1. The molecule has 2 aromatic rings. The van der Waals surface area contributed by atoms with Gasteiger partial charge in [0.1, 0.15) is 0 Å². The van der Waals surface area contributed by atoms with Gasteiger partial charge in [-0.2, -0.15) is 10.1 Å². The van der Waals surface area contributed by atoms with E-state index < -0.39 is 0 Å². The fraction of sp³-hybridized carbons (Fsp3) is 0.438. The Morgan fingerprint density at radius 1 is 1.04 bits per heavy atom. The molecule has 1 aromatic heterocycles. The van der Waals surface area contributed by atoms with E-state index in [0.717, 1.165) is 43.4 Å². The van der Waals surface area contributed by atoms with Crippen LogP contribution in [0.2, 0.25) is 0 Å². The summed E-state index contributed by atoms with van der Waals surface area (Å²) in [5.41, 5.74) is 2.11. The van der Waals surface area contributed by atoms with E-state index in [0.29, 0.717) is 5.95 Å². The van der Waals surface area contributed by atoms with Crippen LogP contribution in [0.25, 0.3) is 0 Å². The van der Waals surface area contributed by atoms with Crippen molar-refractivity contribution in [1.82, 2.24) is 20.1 Å². The summed E-state index contributed by atoms with van der Waals surface area (Å²) < 4.78 is 0. The van der Waals surface area contributed by atoms with Crippen molar-refractivity contribution >= 4 is 23.1 Å². The molecule has 0 aliphatic carbocycles. The zero-order valence-electron chi connectivity index (χ0n) is 13.9. The maximum Gasteiger partial charge on any atom is 0.249 e. The number of hydrogen-bond acceptors (Lipinski definition) is 7. The Hall–Kier alpha value is -2.41. The average molecular weight is 313 g/mol. The summed E-state index contributed by atoms with van der Waals surface area (Å²) in [5, 5.41) is 11.4. The van der Waals surface area contributed by atoms with Crippen molar-refractivity contribution in [2.75, 3.05) is 62.4 Å². The number of benzene rings is 1. The minimum Gasteiger partial charge on any atom is -0.378 e. The van der Waals surface area contributed by atoms with Gasteiger partial charge < -0.3 is 20.0 Å². The number of anilines is 4. The fourth-order valence-corrected chi connectivity index (χ4v) is 2.51. The molecule has 1 fully saturated rings. The molecule has 0 amide bonds. The summed E-state index contributed by atoms with van der Waals surface area (Å²) in [7, 11) is 6.18. The molecule has 0 saturated carbocycles. The van der Waals surface area contributed by atoms with E-state index >= 15 is 0 Å². The van der Waals surface area contributed by atoms with Crippen molar-refractivity contribution in [2.24, 2.45) is 0 Å².